The maximum atomic E-state index is 11.2. The van der Waals surface area contributed by atoms with Gasteiger partial charge in [-0.25, -0.2) is 0 Å². The minimum Gasteiger partial charge on any atom is -0.489 e. The van der Waals surface area contributed by atoms with Crippen molar-refractivity contribution in [2.24, 2.45) is 11.8 Å². The first kappa shape index (κ1) is 31.9. The summed E-state index contributed by atoms with van der Waals surface area (Å²) in [6.45, 7) is 11.7. The van der Waals surface area contributed by atoms with Crippen LogP contribution in [-0.4, -0.2) is 24.2 Å². The van der Waals surface area contributed by atoms with Gasteiger partial charge in [-0.05, 0) is 71.3 Å². The average Bonchev–Trinajstić information content (AvgIpc) is 2.99. The van der Waals surface area contributed by atoms with Crippen LogP contribution in [0.4, 0.5) is 11.4 Å². The van der Waals surface area contributed by atoms with Gasteiger partial charge < -0.3 is 25.2 Å². The van der Waals surface area contributed by atoms with E-state index in [-0.39, 0.29) is 6.42 Å². The molecule has 3 rings (SSSR count). The van der Waals surface area contributed by atoms with E-state index in [9.17, 15) is 9.90 Å². The maximum Gasteiger partial charge on any atom is 0.303 e. The van der Waals surface area contributed by atoms with Crippen LogP contribution in [0.25, 0.3) is 0 Å². The molecule has 41 heavy (non-hydrogen) atoms. The van der Waals surface area contributed by atoms with Crippen molar-refractivity contribution in [2.75, 3.05) is 23.7 Å². The summed E-state index contributed by atoms with van der Waals surface area (Å²) in [5.74, 6) is 1.83. The monoisotopic (exact) mass is 560 g/mol. The summed E-state index contributed by atoms with van der Waals surface area (Å²) in [4.78, 5) is 11.2. The van der Waals surface area contributed by atoms with Gasteiger partial charge in [-0.15, -0.1) is 0 Å². The van der Waals surface area contributed by atoms with Crippen molar-refractivity contribution in [2.45, 2.75) is 79.4 Å². The summed E-state index contributed by atoms with van der Waals surface area (Å²) < 4.78 is 12.4. The number of ether oxygens (including phenoxy) is 2. The van der Waals surface area contributed by atoms with Gasteiger partial charge in [0.15, 0.2) is 0 Å². The van der Waals surface area contributed by atoms with E-state index >= 15 is 0 Å². The molecule has 6 nitrogen and oxygen atoms in total. The third-order valence-electron chi connectivity index (χ3n) is 7.73. The Bertz CT molecular complexity index is 1120. The summed E-state index contributed by atoms with van der Waals surface area (Å²) >= 11 is 0. The number of rotatable bonds is 19. The normalized spacial score (nSPS) is 11.1. The van der Waals surface area contributed by atoms with Crippen molar-refractivity contribution >= 4 is 17.3 Å². The number of nitrogens with one attached hydrogen (secondary N) is 2. The van der Waals surface area contributed by atoms with Gasteiger partial charge in [-0.3, -0.25) is 4.79 Å². The topological polar surface area (TPSA) is 79.8 Å². The molecule has 0 atom stereocenters. The van der Waals surface area contributed by atoms with E-state index in [1.807, 2.05) is 30.3 Å². The van der Waals surface area contributed by atoms with Gasteiger partial charge in [0.25, 0.3) is 0 Å². The number of aliphatic carboxylic acids is 1. The number of anilines is 2. The van der Waals surface area contributed by atoms with Crippen molar-refractivity contribution in [3.8, 4) is 11.5 Å². The molecule has 0 radical (unpaired) electrons. The number of benzene rings is 3. The van der Waals surface area contributed by atoms with Crippen LogP contribution in [-0.2, 0) is 24.4 Å². The Morgan fingerprint density at radius 3 is 1.56 bits per heavy atom. The van der Waals surface area contributed by atoms with E-state index in [2.05, 4.69) is 74.7 Å². The Morgan fingerprint density at radius 2 is 1.15 bits per heavy atom. The fourth-order valence-electron chi connectivity index (χ4n) is 4.75. The van der Waals surface area contributed by atoms with Crippen molar-refractivity contribution < 1.29 is 19.4 Å². The molecule has 0 aromatic heterocycles. The minimum atomic E-state index is -0.825. The molecule has 0 unspecified atom stereocenters. The van der Waals surface area contributed by atoms with E-state index in [1.165, 1.54) is 0 Å². The zero-order valence-corrected chi connectivity index (χ0v) is 25.2. The molecule has 0 fully saturated rings. The third kappa shape index (κ3) is 11.4. The van der Waals surface area contributed by atoms with Gasteiger partial charge in [0.1, 0.15) is 24.7 Å². The Hall–Kier alpha value is -3.67. The summed E-state index contributed by atoms with van der Waals surface area (Å²) in [7, 11) is 0. The number of carbonyl (C=O) groups is 1. The smallest absolute Gasteiger partial charge is 0.303 e. The number of carboxylic acid groups (broad SMARTS) is 1. The Balaban J connectivity index is 1.66. The lowest BCUT2D eigenvalue weighted by Gasteiger charge is -2.16. The second kappa shape index (κ2) is 17.2. The van der Waals surface area contributed by atoms with E-state index in [0.717, 1.165) is 66.8 Å². The molecule has 0 aliphatic carbocycles. The van der Waals surface area contributed by atoms with Gasteiger partial charge in [0, 0.05) is 37.0 Å². The molecular weight excluding hydrogens is 512 g/mol. The van der Waals surface area contributed by atoms with Crippen molar-refractivity contribution in [1.82, 2.24) is 0 Å². The first-order valence-corrected chi connectivity index (χ1v) is 15.2. The highest BCUT2D eigenvalue weighted by Gasteiger charge is 2.09. The molecular formula is C35H48N2O4. The molecule has 0 bridgehead atoms. The van der Waals surface area contributed by atoms with Crippen LogP contribution in [0.15, 0.2) is 66.7 Å². The Labute approximate surface area is 246 Å². The summed E-state index contributed by atoms with van der Waals surface area (Å²) in [6.07, 6.45) is 5.11. The standard InChI is InChI=1S/C35H48N2O4/c1-5-26(6-2)22-36-31-13-9-11-29(17-31)24-40-33-19-28(15-16-35(38)39)20-34(21-33)41-25-30-12-10-14-32(18-30)37-23-27(7-3)8-4/h9-14,17-21,26-27,36-37H,5-8,15-16,22-25H2,1-4H3,(H,38,39). The third-order valence-corrected chi connectivity index (χ3v) is 7.73. The van der Waals surface area contributed by atoms with E-state index in [1.54, 1.807) is 0 Å². The van der Waals surface area contributed by atoms with Crippen molar-refractivity contribution in [1.29, 1.82) is 0 Å². The van der Waals surface area contributed by atoms with Crippen LogP contribution in [0.3, 0.4) is 0 Å². The highest BCUT2D eigenvalue weighted by Crippen LogP contribution is 2.26. The molecule has 0 amide bonds. The Kier molecular flexibility index (Phi) is 13.4. The Morgan fingerprint density at radius 1 is 0.683 bits per heavy atom. The van der Waals surface area contributed by atoms with Crippen LogP contribution in [0.2, 0.25) is 0 Å². The van der Waals surface area contributed by atoms with Crippen molar-refractivity contribution in [3.05, 3.63) is 83.4 Å². The average molecular weight is 561 g/mol. The quantitative estimate of drug-likeness (QED) is 0.136. The lowest BCUT2D eigenvalue weighted by atomic mass is 10.0. The summed E-state index contributed by atoms with van der Waals surface area (Å²) in [6, 6.07) is 22.3. The zero-order chi connectivity index (χ0) is 29.5. The van der Waals surface area contributed by atoms with E-state index in [0.29, 0.717) is 43.0 Å². The summed E-state index contributed by atoms with van der Waals surface area (Å²) in [5.41, 5.74) is 5.19. The van der Waals surface area contributed by atoms with Gasteiger partial charge in [0.2, 0.25) is 0 Å². The lowest BCUT2D eigenvalue weighted by Crippen LogP contribution is -2.12. The fraction of sp³-hybridized carbons (Fsp3) is 0.457. The van der Waals surface area contributed by atoms with Gasteiger partial charge in [-0.2, -0.15) is 0 Å². The molecule has 3 N–H and O–H groups in total. The molecule has 0 saturated heterocycles. The highest BCUT2D eigenvalue weighted by atomic mass is 16.5. The molecule has 6 heteroatoms. The van der Waals surface area contributed by atoms with Gasteiger partial charge in [-0.1, -0.05) is 77.6 Å². The van der Waals surface area contributed by atoms with E-state index in [4.69, 9.17) is 9.47 Å². The molecule has 0 spiro atoms. The van der Waals surface area contributed by atoms with Crippen LogP contribution >= 0.6 is 0 Å². The molecule has 0 heterocycles. The van der Waals surface area contributed by atoms with Crippen LogP contribution in [0, 0.1) is 11.8 Å². The first-order valence-electron chi connectivity index (χ1n) is 15.2. The predicted octanol–water partition coefficient (Wildman–Crippen LogP) is 8.56. The SMILES string of the molecule is CCC(CC)CNc1cccc(COc2cc(CCC(=O)O)cc(OCc3cccc(NCC(CC)CC)c3)c2)c1. The molecule has 222 valence electrons. The maximum absolute atomic E-state index is 11.2. The minimum absolute atomic E-state index is 0.0529. The number of hydrogen-bond donors (Lipinski definition) is 3. The lowest BCUT2D eigenvalue weighted by molar-refractivity contribution is -0.136. The molecule has 3 aromatic carbocycles. The zero-order valence-electron chi connectivity index (χ0n) is 25.2. The van der Waals surface area contributed by atoms with Gasteiger partial charge in [0.05, 0.1) is 0 Å². The first-order chi connectivity index (χ1) is 19.9. The predicted molar refractivity (Wildman–Crippen MR) is 169 cm³/mol. The van der Waals surface area contributed by atoms with Crippen LogP contribution < -0.4 is 20.1 Å². The second-order valence-electron chi connectivity index (χ2n) is 10.8. The fourth-order valence-corrected chi connectivity index (χ4v) is 4.75. The number of aryl methyl sites for hydroxylation is 1. The molecule has 0 saturated carbocycles. The van der Waals surface area contributed by atoms with Crippen LogP contribution in [0.5, 0.6) is 11.5 Å². The molecule has 3 aromatic rings. The summed E-state index contributed by atoms with van der Waals surface area (Å²) in [5, 5.41) is 16.3. The van der Waals surface area contributed by atoms with Crippen LogP contribution in [0.1, 0.15) is 76.5 Å². The van der Waals surface area contributed by atoms with E-state index < -0.39 is 5.97 Å². The number of carboxylic acids is 1. The van der Waals surface area contributed by atoms with Crippen molar-refractivity contribution in [3.63, 3.8) is 0 Å². The molecule has 0 aliphatic heterocycles. The largest absolute Gasteiger partial charge is 0.489 e. The second-order valence-corrected chi connectivity index (χ2v) is 10.8. The van der Waals surface area contributed by atoms with Gasteiger partial charge >= 0.3 is 5.97 Å². The number of hydrogen-bond acceptors (Lipinski definition) is 5. The highest BCUT2D eigenvalue weighted by molar-refractivity contribution is 5.67. The molecule has 0 aliphatic rings.